The van der Waals surface area contributed by atoms with Gasteiger partial charge in [0, 0.05) is 23.2 Å². The summed E-state index contributed by atoms with van der Waals surface area (Å²) >= 11 is 6.52. The van der Waals surface area contributed by atoms with E-state index in [9.17, 15) is 0 Å². The molecule has 1 atom stereocenters. The Morgan fingerprint density at radius 3 is 2.18 bits per heavy atom. The Morgan fingerprint density at radius 2 is 1.36 bits per heavy atom. The number of hydrogen-bond donors (Lipinski definition) is 1. The van der Waals surface area contributed by atoms with Gasteiger partial charge in [0.25, 0.3) is 0 Å². The van der Waals surface area contributed by atoms with Crippen LogP contribution in [-0.2, 0) is 6.54 Å². The minimum Gasteiger partial charge on any atom is -0.381 e. The molecule has 0 amide bonds. The second kappa shape index (κ2) is 5.51. The lowest BCUT2D eigenvalue weighted by atomic mass is 9.83. The number of rotatable bonds is 1. The van der Waals surface area contributed by atoms with Crippen LogP contribution in [0.15, 0.2) is 72.8 Å². The van der Waals surface area contributed by atoms with E-state index in [0.29, 0.717) is 0 Å². The molecule has 0 spiro atoms. The van der Waals surface area contributed by atoms with Crippen molar-refractivity contribution in [1.29, 1.82) is 0 Å². The van der Waals surface area contributed by atoms with Gasteiger partial charge in [0.1, 0.15) is 0 Å². The van der Waals surface area contributed by atoms with Crippen molar-refractivity contribution in [2.75, 3.05) is 5.32 Å². The number of para-hydroxylation sites is 1. The smallest absolute Gasteiger partial charge is 0.0447 e. The molecule has 1 N–H and O–H groups in total. The lowest BCUT2D eigenvalue weighted by molar-refractivity contribution is 0.972. The van der Waals surface area contributed by atoms with Gasteiger partial charge >= 0.3 is 0 Å². The predicted octanol–water partition coefficient (Wildman–Crippen LogP) is 5.45. The van der Waals surface area contributed by atoms with Gasteiger partial charge in [-0.1, -0.05) is 72.3 Å². The van der Waals surface area contributed by atoms with Crippen LogP contribution >= 0.6 is 11.6 Å². The van der Waals surface area contributed by atoms with Crippen LogP contribution in [0.3, 0.4) is 0 Å². The summed E-state index contributed by atoms with van der Waals surface area (Å²) in [6, 6.07) is 25.3. The van der Waals surface area contributed by atoms with Crippen molar-refractivity contribution in [3.05, 3.63) is 100 Å². The fourth-order valence-electron chi connectivity index (χ4n) is 3.29. The zero-order chi connectivity index (χ0) is 14.9. The van der Waals surface area contributed by atoms with Crippen molar-refractivity contribution in [1.82, 2.24) is 0 Å². The highest BCUT2D eigenvalue weighted by molar-refractivity contribution is 6.31. The Balaban J connectivity index is 2.01. The fourth-order valence-corrected chi connectivity index (χ4v) is 3.53. The van der Waals surface area contributed by atoms with Gasteiger partial charge in [0.2, 0.25) is 0 Å². The quantitative estimate of drug-likeness (QED) is 0.630. The minimum absolute atomic E-state index is 0.163. The second-order valence-corrected chi connectivity index (χ2v) is 6.00. The highest BCUT2D eigenvalue weighted by atomic mass is 35.5. The molecule has 0 fully saturated rings. The molecule has 1 aliphatic heterocycles. The summed E-state index contributed by atoms with van der Waals surface area (Å²) in [6.07, 6.45) is 0. The molecule has 3 aromatic rings. The van der Waals surface area contributed by atoms with E-state index in [0.717, 1.165) is 17.1 Å². The lowest BCUT2D eigenvalue weighted by Crippen LogP contribution is -2.05. The SMILES string of the molecule is Clc1ccccc1C1c2ccccc2CNc2ccccc21. The Morgan fingerprint density at radius 1 is 0.727 bits per heavy atom. The first-order valence-corrected chi connectivity index (χ1v) is 7.87. The predicted molar refractivity (Wildman–Crippen MR) is 92.6 cm³/mol. The van der Waals surface area contributed by atoms with Gasteiger partial charge in [-0.2, -0.15) is 0 Å². The van der Waals surface area contributed by atoms with Gasteiger partial charge in [-0.3, -0.25) is 0 Å². The van der Waals surface area contributed by atoms with Gasteiger partial charge in [0.05, 0.1) is 0 Å². The lowest BCUT2D eigenvalue weighted by Gasteiger charge is -2.21. The van der Waals surface area contributed by atoms with E-state index in [1.165, 1.54) is 22.4 Å². The molecule has 3 aromatic carbocycles. The first kappa shape index (κ1) is 13.4. The van der Waals surface area contributed by atoms with Crippen molar-refractivity contribution in [3.63, 3.8) is 0 Å². The van der Waals surface area contributed by atoms with E-state index in [2.05, 4.69) is 66.0 Å². The number of anilines is 1. The van der Waals surface area contributed by atoms with Crippen molar-refractivity contribution >= 4 is 17.3 Å². The molecule has 0 radical (unpaired) electrons. The number of benzene rings is 3. The standard InChI is InChI=1S/C20H16ClN/c21-18-11-5-3-9-16(18)20-15-8-2-1-7-14(15)13-22-19-12-6-4-10-17(19)20/h1-12,20,22H,13H2. The van der Waals surface area contributed by atoms with Gasteiger partial charge in [-0.05, 0) is 34.4 Å². The van der Waals surface area contributed by atoms with E-state index in [-0.39, 0.29) is 5.92 Å². The molecule has 0 bridgehead atoms. The summed E-state index contributed by atoms with van der Waals surface area (Å²) in [5.74, 6) is 0.163. The molecule has 0 saturated carbocycles. The molecule has 1 heterocycles. The van der Waals surface area contributed by atoms with E-state index >= 15 is 0 Å². The first-order chi connectivity index (χ1) is 10.8. The van der Waals surface area contributed by atoms with Crippen molar-refractivity contribution in [3.8, 4) is 0 Å². The zero-order valence-electron chi connectivity index (χ0n) is 12.1. The minimum atomic E-state index is 0.163. The molecule has 0 aliphatic carbocycles. The van der Waals surface area contributed by atoms with E-state index < -0.39 is 0 Å². The topological polar surface area (TPSA) is 12.0 Å². The Bertz CT molecular complexity index is 778. The monoisotopic (exact) mass is 305 g/mol. The summed E-state index contributed by atoms with van der Waals surface area (Å²) in [5, 5.41) is 4.38. The van der Waals surface area contributed by atoms with Gasteiger partial charge in [-0.15, -0.1) is 0 Å². The zero-order valence-corrected chi connectivity index (χ0v) is 12.8. The summed E-state index contributed by atoms with van der Waals surface area (Å²) < 4.78 is 0. The summed E-state index contributed by atoms with van der Waals surface area (Å²) in [4.78, 5) is 0. The average molecular weight is 306 g/mol. The van der Waals surface area contributed by atoms with Crippen LogP contribution in [0.4, 0.5) is 5.69 Å². The molecule has 22 heavy (non-hydrogen) atoms. The van der Waals surface area contributed by atoms with Crippen LogP contribution in [0.25, 0.3) is 0 Å². The second-order valence-electron chi connectivity index (χ2n) is 5.59. The molecule has 1 unspecified atom stereocenters. The number of hydrogen-bond acceptors (Lipinski definition) is 1. The van der Waals surface area contributed by atoms with Crippen LogP contribution in [0, 0.1) is 0 Å². The van der Waals surface area contributed by atoms with Crippen LogP contribution in [0.1, 0.15) is 28.2 Å². The highest BCUT2D eigenvalue weighted by Gasteiger charge is 2.25. The molecule has 108 valence electrons. The molecule has 0 saturated heterocycles. The number of fused-ring (bicyclic) bond motifs is 2. The average Bonchev–Trinajstić information content (AvgIpc) is 2.73. The fraction of sp³-hybridized carbons (Fsp3) is 0.100. The molecule has 0 aromatic heterocycles. The third-order valence-electron chi connectivity index (χ3n) is 4.32. The molecular weight excluding hydrogens is 290 g/mol. The van der Waals surface area contributed by atoms with Gasteiger partial charge in [0.15, 0.2) is 0 Å². The maximum Gasteiger partial charge on any atom is 0.0447 e. The van der Waals surface area contributed by atoms with Gasteiger partial charge < -0.3 is 5.32 Å². The van der Waals surface area contributed by atoms with Crippen LogP contribution in [0.5, 0.6) is 0 Å². The summed E-state index contributed by atoms with van der Waals surface area (Å²) in [5.41, 5.74) is 6.27. The van der Waals surface area contributed by atoms with Crippen molar-refractivity contribution in [2.24, 2.45) is 0 Å². The highest BCUT2D eigenvalue weighted by Crippen LogP contribution is 2.42. The van der Waals surface area contributed by atoms with Crippen LogP contribution < -0.4 is 5.32 Å². The largest absolute Gasteiger partial charge is 0.381 e. The number of halogens is 1. The Kier molecular flexibility index (Phi) is 3.36. The first-order valence-electron chi connectivity index (χ1n) is 7.49. The van der Waals surface area contributed by atoms with Crippen LogP contribution in [-0.4, -0.2) is 0 Å². The summed E-state index contributed by atoms with van der Waals surface area (Å²) in [6.45, 7) is 0.841. The maximum atomic E-state index is 6.52. The number of nitrogens with one attached hydrogen (secondary N) is 1. The third kappa shape index (κ3) is 2.18. The molecular formula is C20H16ClN. The Hall–Kier alpha value is -2.25. The van der Waals surface area contributed by atoms with Gasteiger partial charge in [-0.25, -0.2) is 0 Å². The molecule has 4 rings (SSSR count). The molecule has 1 nitrogen and oxygen atoms in total. The normalized spacial score (nSPS) is 16.1. The summed E-state index contributed by atoms with van der Waals surface area (Å²) in [7, 11) is 0. The maximum absolute atomic E-state index is 6.52. The van der Waals surface area contributed by atoms with Crippen molar-refractivity contribution in [2.45, 2.75) is 12.5 Å². The van der Waals surface area contributed by atoms with Crippen molar-refractivity contribution < 1.29 is 0 Å². The molecule has 2 heteroatoms. The van der Waals surface area contributed by atoms with Crippen LogP contribution in [0.2, 0.25) is 5.02 Å². The third-order valence-corrected chi connectivity index (χ3v) is 4.67. The van der Waals surface area contributed by atoms with E-state index in [1.54, 1.807) is 0 Å². The van der Waals surface area contributed by atoms with E-state index in [1.807, 2.05) is 12.1 Å². The Labute approximate surface area is 135 Å². The molecule has 1 aliphatic rings. The van der Waals surface area contributed by atoms with E-state index in [4.69, 9.17) is 11.6 Å².